The smallest absolute Gasteiger partial charge is 0.165 e. The number of nitrogens with one attached hydrogen (secondary N) is 1. The van der Waals surface area contributed by atoms with E-state index < -0.39 is 6.29 Å². The molecule has 4 aliphatic rings. The molecule has 2 fully saturated rings. The minimum atomic E-state index is -0.401. The Balaban J connectivity index is 0.000000234. The van der Waals surface area contributed by atoms with E-state index in [0.717, 1.165) is 37.0 Å². The molecule has 1 aliphatic heterocycles. The van der Waals surface area contributed by atoms with E-state index in [1.807, 2.05) is 11.0 Å². The van der Waals surface area contributed by atoms with Crippen molar-refractivity contribution in [2.24, 2.45) is 29.0 Å². The van der Waals surface area contributed by atoms with Gasteiger partial charge < -0.3 is 31.8 Å². The Labute approximate surface area is 199 Å². The summed E-state index contributed by atoms with van der Waals surface area (Å²) in [5.74, 6) is 2.60. The Morgan fingerprint density at radius 3 is 2.74 bits per heavy atom. The van der Waals surface area contributed by atoms with E-state index >= 15 is 0 Å². The number of hydrogen-bond acceptors (Lipinski definition) is 7. The van der Waals surface area contributed by atoms with Gasteiger partial charge in [0, 0.05) is 18.1 Å². The molecule has 2 bridgehead atoms. The number of alkyl halides is 1. The number of ether oxygens (including phenoxy) is 2. The molecule has 5 rings (SSSR count). The Bertz CT molecular complexity index is 735. The van der Waals surface area contributed by atoms with Crippen molar-refractivity contribution < 1.29 is 14.6 Å². The van der Waals surface area contributed by atoms with E-state index in [9.17, 15) is 5.11 Å². The second-order valence-corrected chi connectivity index (χ2v) is 8.96. The third-order valence-electron chi connectivity index (χ3n) is 7.48. The molecule has 0 aromatic heterocycles. The van der Waals surface area contributed by atoms with Crippen LogP contribution in [0.2, 0.25) is 0 Å². The average Bonchev–Trinajstić information content (AvgIpc) is 3.12. The highest BCUT2D eigenvalue weighted by Crippen LogP contribution is 2.65. The molecule has 1 spiro atoms. The summed E-state index contributed by atoms with van der Waals surface area (Å²) in [6.45, 7) is 1.48. The van der Waals surface area contributed by atoms with Crippen LogP contribution in [-0.2, 0) is 16.6 Å². The number of aromatic hydroxyl groups is 1. The van der Waals surface area contributed by atoms with Crippen LogP contribution in [0.5, 0.6) is 11.5 Å². The second-order valence-electron chi connectivity index (χ2n) is 8.96. The van der Waals surface area contributed by atoms with E-state index in [-0.39, 0.29) is 17.6 Å². The number of phenols is 1. The fourth-order valence-electron chi connectivity index (χ4n) is 6.45. The van der Waals surface area contributed by atoms with Crippen LogP contribution >= 0.6 is 22.6 Å². The predicted molar refractivity (Wildman–Crippen MR) is 133 cm³/mol. The molecule has 0 amide bonds. The zero-order valence-corrected chi connectivity index (χ0v) is 20.9. The van der Waals surface area contributed by atoms with Gasteiger partial charge in [-0.2, -0.15) is 0 Å². The Morgan fingerprint density at radius 2 is 2.06 bits per heavy atom. The molecule has 176 valence electrons. The highest BCUT2D eigenvalue weighted by molar-refractivity contribution is 14.1. The molecule has 0 radical (unpaired) electrons. The number of rotatable bonds is 5. The lowest BCUT2D eigenvalue weighted by molar-refractivity contribution is -0.100. The largest absolute Gasteiger partial charge is 0.504 e. The van der Waals surface area contributed by atoms with E-state index in [1.165, 1.54) is 43.2 Å². The summed E-state index contributed by atoms with van der Waals surface area (Å²) in [4.78, 5) is 1.97. The Hall–Kier alpha value is -0.650. The van der Waals surface area contributed by atoms with Crippen LogP contribution in [0.4, 0.5) is 0 Å². The first-order valence-electron chi connectivity index (χ1n) is 11.4. The third-order valence-corrected chi connectivity index (χ3v) is 7.48. The van der Waals surface area contributed by atoms with Gasteiger partial charge in [0.2, 0.25) is 0 Å². The van der Waals surface area contributed by atoms with Gasteiger partial charge >= 0.3 is 0 Å². The van der Waals surface area contributed by atoms with Crippen molar-refractivity contribution in [3.05, 3.63) is 23.3 Å². The van der Waals surface area contributed by atoms with Gasteiger partial charge in [-0.3, -0.25) is 5.32 Å². The molecular weight excluding hydrogens is 507 g/mol. The van der Waals surface area contributed by atoms with Crippen LogP contribution in [0.1, 0.15) is 49.7 Å². The zero-order valence-electron chi connectivity index (χ0n) is 18.8. The minimum absolute atomic E-state index is 0.103. The minimum Gasteiger partial charge on any atom is -0.504 e. The van der Waals surface area contributed by atoms with E-state index in [1.54, 1.807) is 7.11 Å². The maximum absolute atomic E-state index is 10.3. The monoisotopic (exact) mass is 546 g/mol. The first-order chi connectivity index (χ1) is 15.0. The summed E-state index contributed by atoms with van der Waals surface area (Å²) in [5, 5.41) is 13.1. The maximum atomic E-state index is 10.3. The van der Waals surface area contributed by atoms with E-state index in [2.05, 4.69) is 34.0 Å². The lowest BCUT2D eigenvalue weighted by atomic mass is 9.48. The van der Waals surface area contributed by atoms with Gasteiger partial charge in [-0.25, -0.2) is 0 Å². The number of phenolic OH excluding ortho intramolecular Hbond substituents is 1. The van der Waals surface area contributed by atoms with Gasteiger partial charge in [0.15, 0.2) is 11.5 Å². The van der Waals surface area contributed by atoms with Gasteiger partial charge in [-0.1, -0.05) is 35.1 Å². The molecule has 8 N–H and O–H groups in total. The molecule has 3 aliphatic carbocycles. The first-order valence-corrected chi connectivity index (χ1v) is 13.6. The standard InChI is InChI=1S/C18H22O3.C4H14N4.CH3I/c1-20-14-7-5-12-10-3-2-8-18(12)15-11(9-10)4-6-13(19)16(15)21-17(14)18;5-2-1-3-8-4(6)7;1-2/h4,6,10,12,14,17,19H,2-3,5,7-9H2,1H3;4,8H,1-3,5-7H2;1H3/t10-,12?,14?,17+,18+;;/m1../s1. The lowest BCUT2D eigenvalue weighted by Gasteiger charge is -2.56. The molecule has 7 nitrogen and oxygen atoms in total. The number of benzene rings is 1. The molecule has 5 atom stereocenters. The van der Waals surface area contributed by atoms with Crippen LogP contribution in [0.25, 0.3) is 0 Å². The zero-order chi connectivity index (χ0) is 22.6. The lowest BCUT2D eigenvalue weighted by Crippen LogP contribution is -2.60. The third kappa shape index (κ3) is 4.56. The number of methoxy groups -OCH3 is 1. The maximum Gasteiger partial charge on any atom is 0.165 e. The number of nitrogens with two attached hydrogens (primary N) is 3. The highest BCUT2D eigenvalue weighted by atomic mass is 127. The fourth-order valence-corrected chi connectivity index (χ4v) is 6.45. The summed E-state index contributed by atoms with van der Waals surface area (Å²) < 4.78 is 12.1. The first kappa shape index (κ1) is 25.0. The van der Waals surface area contributed by atoms with Gasteiger partial charge in [-0.05, 0) is 80.0 Å². The van der Waals surface area contributed by atoms with Crippen molar-refractivity contribution in [1.82, 2.24) is 5.32 Å². The molecule has 1 aromatic carbocycles. The van der Waals surface area contributed by atoms with Crippen molar-refractivity contribution in [2.75, 3.05) is 25.1 Å². The molecule has 0 saturated heterocycles. The molecule has 1 aromatic rings. The summed E-state index contributed by atoms with van der Waals surface area (Å²) in [7, 11) is 1.80. The van der Waals surface area contributed by atoms with Crippen LogP contribution in [0.15, 0.2) is 12.1 Å². The topological polar surface area (TPSA) is 129 Å². The van der Waals surface area contributed by atoms with Crippen molar-refractivity contribution in [3.8, 4) is 11.5 Å². The summed E-state index contributed by atoms with van der Waals surface area (Å²) in [6, 6.07) is 3.95. The summed E-state index contributed by atoms with van der Waals surface area (Å²) in [6.07, 6.45) is 8.13. The van der Waals surface area contributed by atoms with E-state index in [4.69, 9.17) is 26.7 Å². The van der Waals surface area contributed by atoms with Gasteiger partial charge in [0.05, 0.1) is 6.10 Å². The molecule has 8 heteroatoms. The van der Waals surface area contributed by atoms with Crippen LogP contribution in [-0.4, -0.2) is 48.7 Å². The van der Waals surface area contributed by atoms with Crippen molar-refractivity contribution in [1.29, 1.82) is 0 Å². The predicted octanol–water partition coefficient (Wildman–Crippen LogP) is 2.35. The SMILES string of the molecule is CI.COC1CCC2[C@@H]3CCC[C@@]24c2c(ccc(O)c2O[C@@H]14)C3.NCCCNC(N)N. The van der Waals surface area contributed by atoms with Crippen LogP contribution < -0.4 is 27.3 Å². The van der Waals surface area contributed by atoms with Crippen molar-refractivity contribution in [3.63, 3.8) is 0 Å². The van der Waals surface area contributed by atoms with Crippen molar-refractivity contribution in [2.45, 2.75) is 68.9 Å². The van der Waals surface area contributed by atoms with Crippen LogP contribution in [0.3, 0.4) is 0 Å². The Kier molecular flexibility index (Phi) is 8.85. The number of halogens is 1. The van der Waals surface area contributed by atoms with Gasteiger partial charge in [-0.15, -0.1) is 0 Å². The van der Waals surface area contributed by atoms with Gasteiger partial charge in [0.25, 0.3) is 0 Å². The summed E-state index contributed by atoms with van der Waals surface area (Å²) in [5.41, 5.74) is 18.4. The highest BCUT2D eigenvalue weighted by Gasteiger charge is 2.64. The van der Waals surface area contributed by atoms with Crippen LogP contribution in [0, 0.1) is 11.8 Å². The second kappa shape index (κ2) is 11.0. The van der Waals surface area contributed by atoms with Crippen molar-refractivity contribution >= 4 is 22.6 Å². The quantitative estimate of drug-likeness (QED) is 0.166. The molecule has 2 unspecified atom stereocenters. The fraction of sp³-hybridized carbons (Fsp3) is 0.739. The summed E-state index contributed by atoms with van der Waals surface area (Å²) >= 11 is 2.15. The molecule has 31 heavy (non-hydrogen) atoms. The average molecular weight is 546 g/mol. The normalized spacial score (nSPS) is 31.6. The molecule has 2 saturated carbocycles. The van der Waals surface area contributed by atoms with E-state index in [0.29, 0.717) is 12.3 Å². The Morgan fingerprint density at radius 1 is 1.29 bits per heavy atom. The van der Waals surface area contributed by atoms with Gasteiger partial charge in [0.1, 0.15) is 12.4 Å². The molecule has 1 heterocycles. The molecular formula is C23H39IN4O3. The number of hydrogen-bond donors (Lipinski definition) is 5.